The predicted octanol–water partition coefficient (Wildman–Crippen LogP) is 1.25. The van der Waals surface area contributed by atoms with Crippen LogP contribution >= 0.6 is 0 Å². The van der Waals surface area contributed by atoms with E-state index in [9.17, 15) is 8.42 Å². The zero-order valence-electron chi connectivity index (χ0n) is 9.76. The van der Waals surface area contributed by atoms with Gasteiger partial charge in [-0.2, -0.15) is 0 Å². The topological polar surface area (TPSA) is 52.6 Å². The molecule has 0 N–H and O–H groups in total. The van der Waals surface area contributed by atoms with E-state index in [2.05, 4.69) is 5.92 Å². The van der Waals surface area contributed by atoms with E-state index in [0.29, 0.717) is 17.1 Å². The summed E-state index contributed by atoms with van der Waals surface area (Å²) < 4.78 is 33.3. The highest BCUT2D eigenvalue weighted by Crippen LogP contribution is 2.26. The van der Waals surface area contributed by atoms with Gasteiger partial charge in [-0.05, 0) is 6.07 Å². The monoisotopic (exact) mass is 254 g/mol. The van der Waals surface area contributed by atoms with Crippen molar-refractivity contribution in [3.8, 4) is 23.8 Å². The first-order chi connectivity index (χ1) is 8.02. The fraction of sp³-hybridized carbons (Fsp3) is 0.333. The maximum Gasteiger partial charge on any atom is 0.165 e. The Kier molecular flexibility index (Phi) is 4.41. The summed E-state index contributed by atoms with van der Waals surface area (Å²) in [6.07, 6.45) is 5.00. The summed E-state index contributed by atoms with van der Waals surface area (Å²) in [6, 6.07) is 4.98. The van der Waals surface area contributed by atoms with Crippen molar-refractivity contribution >= 4 is 9.84 Å². The van der Waals surface area contributed by atoms with Crippen LogP contribution in [0.1, 0.15) is 5.56 Å². The molecule has 0 saturated carbocycles. The zero-order chi connectivity index (χ0) is 12.9. The van der Waals surface area contributed by atoms with Crippen molar-refractivity contribution in [1.82, 2.24) is 0 Å². The van der Waals surface area contributed by atoms with Crippen LogP contribution in [0.25, 0.3) is 0 Å². The van der Waals surface area contributed by atoms with E-state index in [1.54, 1.807) is 18.2 Å². The fourth-order valence-electron chi connectivity index (χ4n) is 1.39. The fourth-order valence-corrected chi connectivity index (χ4v) is 2.45. The summed E-state index contributed by atoms with van der Waals surface area (Å²) in [5, 5.41) is 0. The van der Waals surface area contributed by atoms with E-state index < -0.39 is 9.84 Å². The van der Waals surface area contributed by atoms with Gasteiger partial charge in [0, 0.05) is 11.6 Å². The second-order valence-electron chi connectivity index (χ2n) is 3.41. The minimum Gasteiger partial charge on any atom is -0.497 e. The first-order valence-corrected chi connectivity index (χ1v) is 6.69. The molecule has 92 valence electrons. The molecule has 0 saturated heterocycles. The minimum atomic E-state index is -3.29. The van der Waals surface area contributed by atoms with Crippen molar-refractivity contribution in [2.75, 3.05) is 20.0 Å². The van der Waals surface area contributed by atoms with E-state index in [0.717, 1.165) is 0 Å². The standard InChI is InChI=1S/C12H14O4S/c1-4-7-17(13,14)9-10-5-6-11(15-2)8-12(10)16-3/h1,5-6,8H,7,9H2,2-3H3. The highest BCUT2D eigenvalue weighted by atomic mass is 32.2. The minimum absolute atomic E-state index is 0.135. The van der Waals surface area contributed by atoms with Crippen LogP contribution in [0.2, 0.25) is 0 Å². The lowest BCUT2D eigenvalue weighted by Gasteiger charge is -2.09. The Morgan fingerprint density at radius 2 is 2.00 bits per heavy atom. The number of rotatable bonds is 5. The molecule has 0 aliphatic rings. The first-order valence-electron chi connectivity index (χ1n) is 4.87. The Bertz CT molecular complexity index is 526. The molecule has 4 nitrogen and oxygen atoms in total. The van der Waals surface area contributed by atoms with Crippen LogP contribution in [0.4, 0.5) is 0 Å². The number of benzene rings is 1. The SMILES string of the molecule is C#CCS(=O)(=O)Cc1ccc(OC)cc1OC. The molecule has 0 atom stereocenters. The molecule has 0 fully saturated rings. The number of hydrogen-bond donors (Lipinski definition) is 0. The van der Waals surface area contributed by atoms with Gasteiger partial charge in [-0.25, -0.2) is 8.42 Å². The summed E-state index contributed by atoms with van der Waals surface area (Å²) in [6.45, 7) is 0. The third-order valence-corrected chi connectivity index (χ3v) is 3.53. The van der Waals surface area contributed by atoms with Gasteiger partial charge in [-0.15, -0.1) is 6.42 Å². The van der Waals surface area contributed by atoms with Crippen LogP contribution in [0.3, 0.4) is 0 Å². The van der Waals surface area contributed by atoms with Gasteiger partial charge in [0.25, 0.3) is 0 Å². The molecule has 17 heavy (non-hydrogen) atoms. The van der Waals surface area contributed by atoms with Gasteiger partial charge >= 0.3 is 0 Å². The van der Waals surface area contributed by atoms with Crippen molar-refractivity contribution in [1.29, 1.82) is 0 Å². The van der Waals surface area contributed by atoms with Crippen molar-refractivity contribution in [3.63, 3.8) is 0 Å². The number of hydrogen-bond acceptors (Lipinski definition) is 4. The van der Waals surface area contributed by atoms with Crippen LogP contribution in [0.5, 0.6) is 11.5 Å². The first kappa shape index (κ1) is 13.4. The highest BCUT2D eigenvalue weighted by Gasteiger charge is 2.14. The van der Waals surface area contributed by atoms with Crippen LogP contribution < -0.4 is 9.47 Å². The van der Waals surface area contributed by atoms with Gasteiger partial charge in [0.2, 0.25) is 0 Å². The van der Waals surface area contributed by atoms with Crippen molar-refractivity contribution in [3.05, 3.63) is 23.8 Å². The largest absolute Gasteiger partial charge is 0.497 e. The number of methoxy groups -OCH3 is 2. The second kappa shape index (κ2) is 5.60. The van der Waals surface area contributed by atoms with Crippen LogP contribution in [-0.4, -0.2) is 28.4 Å². The molecule has 0 amide bonds. The molecular weight excluding hydrogens is 240 g/mol. The Balaban J connectivity index is 3.04. The lowest BCUT2D eigenvalue weighted by atomic mass is 10.2. The molecule has 0 aromatic heterocycles. The third kappa shape index (κ3) is 3.68. The maximum absolute atomic E-state index is 11.6. The Hall–Kier alpha value is -1.67. The Morgan fingerprint density at radius 3 is 2.53 bits per heavy atom. The molecule has 1 rings (SSSR count). The molecule has 0 aliphatic carbocycles. The highest BCUT2D eigenvalue weighted by molar-refractivity contribution is 7.90. The summed E-state index contributed by atoms with van der Waals surface area (Å²) in [4.78, 5) is 0. The lowest BCUT2D eigenvalue weighted by molar-refractivity contribution is 0.392. The van der Waals surface area contributed by atoms with Gasteiger partial charge in [0.15, 0.2) is 9.84 Å². The second-order valence-corrected chi connectivity index (χ2v) is 5.48. The number of terminal acetylenes is 1. The summed E-state index contributed by atoms with van der Waals surface area (Å²) in [5.41, 5.74) is 0.573. The van der Waals surface area contributed by atoms with Crippen LogP contribution in [0.15, 0.2) is 18.2 Å². The lowest BCUT2D eigenvalue weighted by Crippen LogP contribution is -2.08. The Morgan fingerprint density at radius 1 is 1.29 bits per heavy atom. The summed E-state index contributed by atoms with van der Waals surface area (Å²) in [7, 11) is -0.284. The van der Waals surface area contributed by atoms with Crippen molar-refractivity contribution in [2.24, 2.45) is 0 Å². The maximum atomic E-state index is 11.6. The number of ether oxygens (including phenoxy) is 2. The number of sulfone groups is 1. The van der Waals surface area contributed by atoms with Gasteiger partial charge < -0.3 is 9.47 Å². The molecule has 0 spiro atoms. The van der Waals surface area contributed by atoms with Crippen LogP contribution in [0, 0.1) is 12.3 Å². The van der Waals surface area contributed by atoms with E-state index >= 15 is 0 Å². The van der Waals surface area contributed by atoms with Gasteiger partial charge in [0.1, 0.15) is 17.3 Å². The van der Waals surface area contributed by atoms with Crippen LogP contribution in [-0.2, 0) is 15.6 Å². The predicted molar refractivity (Wildman–Crippen MR) is 65.9 cm³/mol. The van der Waals surface area contributed by atoms with Gasteiger partial charge in [-0.3, -0.25) is 0 Å². The summed E-state index contributed by atoms with van der Waals surface area (Å²) >= 11 is 0. The van der Waals surface area contributed by atoms with E-state index in [4.69, 9.17) is 15.9 Å². The third-order valence-electron chi connectivity index (χ3n) is 2.17. The molecule has 1 aromatic rings. The molecule has 0 bridgehead atoms. The van der Waals surface area contributed by atoms with Gasteiger partial charge in [-0.1, -0.05) is 12.0 Å². The quantitative estimate of drug-likeness (QED) is 0.742. The van der Waals surface area contributed by atoms with Crippen molar-refractivity contribution in [2.45, 2.75) is 5.75 Å². The molecule has 5 heteroatoms. The average molecular weight is 254 g/mol. The molecule has 1 aromatic carbocycles. The van der Waals surface area contributed by atoms with E-state index in [1.165, 1.54) is 14.2 Å². The normalized spacial score (nSPS) is 10.6. The molecular formula is C12H14O4S. The molecule has 0 radical (unpaired) electrons. The van der Waals surface area contributed by atoms with Gasteiger partial charge in [0.05, 0.1) is 20.0 Å². The molecule has 0 unspecified atom stereocenters. The average Bonchev–Trinajstić information content (AvgIpc) is 2.29. The van der Waals surface area contributed by atoms with E-state index in [1.807, 2.05) is 0 Å². The smallest absolute Gasteiger partial charge is 0.165 e. The molecule has 0 aliphatic heterocycles. The Labute approximate surface area is 101 Å². The van der Waals surface area contributed by atoms with E-state index in [-0.39, 0.29) is 11.5 Å². The van der Waals surface area contributed by atoms with Crippen molar-refractivity contribution < 1.29 is 17.9 Å². The zero-order valence-corrected chi connectivity index (χ0v) is 10.6. The molecule has 0 heterocycles. The summed E-state index contributed by atoms with van der Waals surface area (Å²) in [5.74, 6) is 2.81.